The molecule has 1 N–H and O–H groups in total. The average molecular weight is 511 g/mol. The Morgan fingerprint density at radius 3 is 2.64 bits per heavy atom. The second-order valence-corrected chi connectivity index (χ2v) is 9.13. The van der Waals surface area contributed by atoms with E-state index in [1.54, 1.807) is 42.3 Å². The van der Waals surface area contributed by atoms with Gasteiger partial charge in [0.1, 0.15) is 11.8 Å². The normalized spacial score (nSPS) is 12.7. The molecule has 3 aromatic rings. The van der Waals surface area contributed by atoms with E-state index in [1.165, 1.54) is 11.3 Å². The number of carbonyl (C=O) groups is 2. The lowest BCUT2D eigenvalue weighted by atomic mass is 10.0. The fourth-order valence-electron chi connectivity index (χ4n) is 3.93. The minimum absolute atomic E-state index is 0.116. The first kappa shape index (κ1) is 25.5. The quantitative estimate of drug-likeness (QED) is 0.363. The van der Waals surface area contributed by atoms with Crippen molar-refractivity contribution in [3.05, 3.63) is 76.0 Å². The Morgan fingerprint density at radius 2 is 1.92 bits per heavy atom. The van der Waals surface area contributed by atoms with Crippen LogP contribution in [0.2, 0.25) is 0 Å². The molecule has 1 aliphatic rings. The van der Waals surface area contributed by atoms with Crippen LogP contribution in [0.3, 0.4) is 0 Å². The zero-order chi connectivity index (χ0) is 25.3. The molecule has 190 valence electrons. The van der Waals surface area contributed by atoms with Crippen LogP contribution in [-0.4, -0.2) is 50.4 Å². The van der Waals surface area contributed by atoms with Crippen LogP contribution in [0.25, 0.3) is 0 Å². The highest BCUT2D eigenvalue weighted by Gasteiger charge is 2.33. The second kappa shape index (κ2) is 12.4. The summed E-state index contributed by atoms with van der Waals surface area (Å²) in [4.78, 5) is 30.1. The minimum Gasteiger partial charge on any atom is -0.497 e. The molecule has 0 fully saturated rings. The SMILES string of the molecule is CCOCCCNC(=O)C(c1ccc(OC)cc1)N(Cc1cccs1)C(=O)c1ccc2c(c1)OCO2. The van der Waals surface area contributed by atoms with E-state index < -0.39 is 6.04 Å². The van der Waals surface area contributed by atoms with E-state index in [1.807, 2.05) is 36.6 Å². The minimum atomic E-state index is -0.858. The van der Waals surface area contributed by atoms with Gasteiger partial charge in [0.05, 0.1) is 13.7 Å². The Hall–Kier alpha value is -3.56. The molecule has 8 nitrogen and oxygen atoms in total. The van der Waals surface area contributed by atoms with Crippen molar-refractivity contribution in [3.8, 4) is 17.2 Å². The first-order valence-corrected chi connectivity index (χ1v) is 12.7. The van der Waals surface area contributed by atoms with Crippen LogP contribution in [0.1, 0.15) is 40.2 Å². The molecule has 9 heteroatoms. The van der Waals surface area contributed by atoms with E-state index >= 15 is 0 Å². The van der Waals surface area contributed by atoms with Gasteiger partial charge in [-0.3, -0.25) is 9.59 Å². The van der Waals surface area contributed by atoms with Crippen LogP contribution in [0.15, 0.2) is 60.0 Å². The largest absolute Gasteiger partial charge is 0.497 e. The molecule has 0 saturated carbocycles. The number of carbonyl (C=O) groups excluding carboxylic acids is 2. The highest BCUT2D eigenvalue weighted by atomic mass is 32.1. The Balaban J connectivity index is 1.67. The number of hydrogen-bond donors (Lipinski definition) is 1. The molecule has 1 aromatic heterocycles. The molecule has 2 amide bonds. The van der Waals surface area contributed by atoms with E-state index in [-0.39, 0.29) is 25.2 Å². The maximum Gasteiger partial charge on any atom is 0.255 e. The molecule has 4 rings (SSSR count). The molecule has 0 radical (unpaired) electrons. The van der Waals surface area contributed by atoms with Crippen molar-refractivity contribution in [2.75, 3.05) is 33.7 Å². The van der Waals surface area contributed by atoms with Crippen LogP contribution in [-0.2, 0) is 16.1 Å². The van der Waals surface area contributed by atoms with Gasteiger partial charge in [-0.05, 0) is 60.7 Å². The third-order valence-electron chi connectivity index (χ3n) is 5.75. The summed E-state index contributed by atoms with van der Waals surface area (Å²) in [6.07, 6.45) is 0.677. The second-order valence-electron chi connectivity index (χ2n) is 8.10. The topological polar surface area (TPSA) is 86.3 Å². The molecule has 2 heterocycles. The summed E-state index contributed by atoms with van der Waals surface area (Å²) in [5, 5.41) is 4.94. The monoisotopic (exact) mass is 510 g/mol. The molecule has 0 spiro atoms. The Bertz CT molecular complexity index is 1150. The molecule has 0 saturated heterocycles. The standard InChI is InChI=1S/C27H30N2O6S/c1-3-33-14-5-13-28-26(30)25(19-7-10-21(32-2)11-8-19)29(17-22-6-4-15-36-22)27(31)20-9-12-23-24(16-20)35-18-34-23/h4,6-12,15-16,25H,3,5,13-14,17-18H2,1-2H3,(H,28,30). The van der Waals surface area contributed by atoms with Crippen molar-refractivity contribution in [2.45, 2.75) is 25.9 Å². The highest BCUT2D eigenvalue weighted by molar-refractivity contribution is 7.09. The van der Waals surface area contributed by atoms with Crippen LogP contribution < -0.4 is 19.5 Å². The molecule has 1 atom stereocenters. The van der Waals surface area contributed by atoms with Gasteiger partial charge in [0.25, 0.3) is 5.91 Å². The predicted molar refractivity (Wildman–Crippen MR) is 137 cm³/mol. The zero-order valence-electron chi connectivity index (χ0n) is 20.4. The van der Waals surface area contributed by atoms with Gasteiger partial charge in [-0.1, -0.05) is 18.2 Å². The zero-order valence-corrected chi connectivity index (χ0v) is 21.2. The average Bonchev–Trinajstić information content (AvgIpc) is 3.60. The van der Waals surface area contributed by atoms with Crippen molar-refractivity contribution in [1.29, 1.82) is 0 Å². The maximum absolute atomic E-state index is 13.9. The number of amides is 2. The molecular weight excluding hydrogens is 480 g/mol. The number of rotatable bonds is 12. The van der Waals surface area contributed by atoms with E-state index in [9.17, 15) is 9.59 Å². The summed E-state index contributed by atoms with van der Waals surface area (Å²) in [5.41, 5.74) is 1.10. The number of nitrogens with zero attached hydrogens (tertiary/aromatic N) is 1. The number of methoxy groups -OCH3 is 1. The van der Waals surface area contributed by atoms with E-state index in [4.69, 9.17) is 18.9 Å². The number of ether oxygens (including phenoxy) is 4. The Morgan fingerprint density at radius 1 is 1.11 bits per heavy atom. The van der Waals surface area contributed by atoms with Crippen molar-refractivity contribution >= 4 is 23.2 Å². The number of hydrogen-bond acceptors (Lipinski definition) is 7. The summed E-state index contributed by atoms with van der Waals surface area (Å²) in [5.74, 6) is 1.23. The van der Waals surface area contributed by atoms with Gasteiger partial charge >= 0.3 is 0 Å². The predicted octanol–water partition coefficient (Wildman–Crippen LogP) is 4.41. The molecular formula is C27H30N2O6S. The van der Waals surface area contributed by atoms with Crippen LogP contribution in [0.5, 0.6) is 17.2 Å². The highest BCUT2D eigenvalue weighted by Crippen LogP contribution is 2.34. The fourth-order valence-corrected chi connectivity index (χ4v) is 4.63. The van der Waals surface area contributed by atoms with Crippen LogP contribution in [0.4, 0.5) is 0 Å². The van der Waals surface area contributed by atoms with E-state index in [2.05, 4.69) is 5.32 Å². The van der Waals surface area contributed by atoms with Gasteiger partial charge in [-0.2, -0.15) is 0 Å². The molecule has 2 aromatic carbocycles. The van der Waals surface area contributed by atoms with Gasteiger partial charge in [-0.15, -0.1) is 11.3 Å². The summed E-state index contributed by atoms with van der Waals surface area (Å²) in [7, 11) is 1.59. The first-order valence-electron chi connectivity index (χ1n) is 11.8. The first-order chi connectivity index (χ1) is 17.6. The molecule has 1 unspecified atom stereocenters. The van der Waals surface area contributed by atoms with E-state index in [0.717, 1.165) is 4.88 Å². The molecule has 0 bridgehead atoms. The van der Waals surface area contributed by atoms with Crippen molar-refractivity contribution < 1.29 is 28.5 Å². The van der Waals surface area contributed by atoms with Crippen LogP contribution in [0, 0.1) is 0 Å². The number of fused-ring (bicyclic) bond motifs is 1. The lowest BCUT2D eigenvalue weighted by Gasteiger charge is -2.31. The van der Waals surface area contributed by atoms with Gasteiger partial charge < -0.3 is 29.2 Å². The fraction of sp³-hybridized carbons (Fsp3) is 0.333. The number of benzene rings is 2. The third kappa shape index (κ3) is 6.16. The van der Waals surface area contributed by atoms with Crippen molar-refractivity contribution in [1.82, 2.24) is 10.2 Å². The summed E-state index contributed by atoms with van der Waals surface area (Å²) in [6.45, 7) is 3.94. The maximum atomic E-state index is 13.9. The van der Waals surface area contributed by atoms with Crippen molar-refractivity contribution in [3.63, 3.8) is 0 Å². The Labute approximate surface area is 214 Å². The van der Waals surface area contributed by atoms with Gasteiger partial charge in [0, 0.05) is 30.2 Å². The smallest absolute Gasteiger partial charge is 0.255 e. The summed E-state index contributed by atoms with van der Waals surface area (Å²) < 4.78 is 21.6. The number of thiophene rings is 1. The molecule has 1 aliphatic heterocycles. The lowest BCUT2D eigenvalue weighted by molar-refractivity contribution is -0.126. The lowest BCUT2D eigenvalue weighted by Crippen LogP contribution is -2.43. The Kier molecular flexibility index (Phi) is 8.80. The summed E-state index contributed by atoms with van der Waals surface area (Å²) in [6, 6.07) is 15.3. The third-order valence-corrected chi connectivity index (χ3v) is 6.61. The number of nitrogens with one attached hydrogen (secondary N) is 1. The van der Waals surface area contributed by atoms with Gasteiger partial charge in [-0.25, -0.2) is 0 Å². The van der Waals surface area contributed by atoms with Gasteiger partial charge in [0.2, 0.25) is 12.7 Å². The molecule has 36 heavy (non-hydrogen) atoms. The van der Waals surface area contributed by atoms with Crippen molar-refractivity contribution in [2.24, 2.45) is 0 Å². The molecule has 0 aliphatic carbocycles. The van der Waals surface area contributed by atoms with E-state index in [0.29, 0.717) is 54.6 Å². The van der Waals surface area contributed by atoms with Crippen LogP contribution >= 0.6 is 11.3 Å². The van der Waals surface area contributed by atoms with Gasteiger partial charge in [0.15, 0.2) is 11.5 Å². The summed E-state index contributed by atoms with van der Waals surface area (Å²) >= 11 is 1.53.